The maximum Gasteiger partial charge on any atom is 0.265 e. The first-order chi connectivity index (χ1) is 13.7. The molecule has 0 fully saturated rings. The van der Waals surface area contributed by atoms with Crippen LogP contribution >= 0.6 is 0 Å². The van der Waals surface area contributed by atoms with E-state index in [-0.39, 0.29) is 5.91 Å². The Labute approximate surface area is 163 Å². The Morgan fingerprint density at radius 2 is 1.57 bits per heavy atom. The maximum atomic E-state index is 12.5. The number of carbonyl (C=O) groups excluding carboxylic acids is 1. The van der Waals surface area contributed by atoms with Gasteiger partial charge in [0, 0.05) is 11.8 Å². The molecule has 1 N–H and O–H groups in total. The molecule has 0 unspecified atom stereocenters. The molecular formula is C23H21NO4. The largest absolute Gasteiger partial charge is 0.486 e. The van der Waals surface area contributed by atoms with Gasteiger partial charge in [0.25, 0.3) is 5.91 Å². The summed E-state index contributed by atoms with van der Waals surface area (Å²) in [6.45, 7) is 2.76. The molecule has 1 amide bonds. The van der Waals surface area contributed by atoms with Crippen molar-refractivity contribution in [2.24, 2.45) is 0 Å². The van der Waals surface area contributed by atoms with Crippen molar-refractivity contribution in [1.82, 2.24) is 0 Å². The Hall–Kier alpha value is -3.47. The third-order valence-corrected chi connectivity index (χ3v) is 4.45. The van der Waals surface area contributed by atoms with Crippen LogP contribution in [0.4, 0.5) is 5.69 Å². The monoisotopic (exact) mass is 375 g/mol. The Bertz CT molecular complexity index is 954. The minimum atomic E-state index is -0.643. The Morgan fingerprint density at radius 3 is 2.32 bits per heavy atom. The lowest BCUT2D eigenvalue weighted by Gasteiger charge is -2.20. The number of nitrogens with one attached hydrogen (secondary N) is 1. The van der Waals surface area contributed by atoms with Gasteiger partial charge in [0.15, 0.2) is 17.6 Å². The first kappa shape index (κ1) is 17.9. The van der Waals surface area contributed by atoms with Crippen LogP contribution in [0.5, 0.6) is 17.2 Å². The fourth-order valence-electron chi connectivity index (χ4n) is 2.98. The minimum absolute atomic E-state index is 0.233. The molecule has 0 saturated heterocycles. The van der Waals surface area contributed by atoms with Gasteiger partial charge in [-0.25, -0.2) is 0 Å². The van der Waals surface area contributed by atoms with Gasteiger partial charge in [-0.15, -0.1) is 0 Å². The zero-order valence-corrected chi connectivity index (χ0v) is 15.6. The van der Waals surface area contributed by atoms with Gasteiger partial charge in [-0.05, 0) is 42.3 Å². The van der Waals surface area contributed by atoms with Gasteiger partial charge in [-0.1, -0.05) is 42.5 Å². The van der Waals surface area contributed by atoms with E-state index in [0.29, 0.717) is 36.1 Å². The minimum Gasteiger partial charge on any atom is -0.486 e. The van der Waals surface area contributed by atoms with Crippen LogP contribution in [0.15, 0.2) is 72.8 Å². The van der Waals surface area contributed by atoms with Crippen molar-refractivity contribution in [2.75, 3.05) is 18.5 Å². The molecule has 4 rings (SSSR count). The molecule has 142 valence electrons. The van der Waals surface area contributed by atoms with Crippen molar-refractivity contribution in [3.63, 3.8) is 0 Å². The molecule has 3 aromatic carbocycles. The van der Waals surface area contributed by atoms with E-state index < -0.39 is 6.10 Å². The van der Waals surface area contributed by atoms with Crippen molar-refractivity contribution in [1.29, 1.82) is 0 Å². The first-order valence-corrected chi connectivity index (χ1v) is 9.22. The van der Waals surface area contributed by atoms with Crippen molar-refractivity contribution < 1.29 is 19.0 Å². The average molecular weight is 375 g/mol. The van der Waals surface area contributed by atoms with Crippen LogP contribution in [0, 0.1) is 0 Å². The number of hydrogen-bond donors (Lipinski definition) is 1. The third kappa shape index (κ3) is 4.09. The number of hydrogen-bond acceptors (Lipinski definition) is 4. The molecule has 0 radical (unpaired) electrons. The summed E-state index contributed by atoms with van der Waals surface area (Å²) >= 11 is 0. The molecule has 3 aromatic rings. The summed E-state index contributed by atoms with van der Waals surface area (Å²) in [6, 6.07) is 23.1. The molecule has 5 nitrogen and oxygen atoms in total. The second kappa shape index (κ2) is 8.05. The van der Waals surface area contributed by atoms with Crippen LogP contribution in [-0.4, -0.2) is 25.2 Å². The van der Waals surface area contributed by atoms with Crippen LogP contribution in [0.3, 0.4) is 0 Å². The second-order valence-corrected chi connectivity index (χ2v) is 6.50. The van der Waals surface area contributed by atoms with Crippen LogP contribution in [0.25, 0.3) is 11.1 Å². The summed E-state index contributed by atoms with van der Waals surface area (Å²) in [5.74, 6) is 1.73. The highest BCUT2D eigenvalue weighted by atomic mass is 16.6. The molecule has 1 atom stereocenters. The molecule has 1 aliphatic rings. The van der Waals surface area contributed by atoms with Crippen LogP contribution < -0.4 is 19.5 Å². The number of amides is 1. The normalized spacial score (nSPS) is 13.5. The summed E-state index contributed by atoms with van der Waals surface area (Å²) in [7, 11) is 0. The van der Waals surface area contributed by atoms with Gasteiger partial charge in [-0.2, -0.15) is 0 Å². The number of anilines is 1. The zero-order chi connectivity index (χ0) is 19.3. The van der Waals surface area contributed by atoms with E-state index in [4.69, 9.17) is 14.2 Å². The highest BCUT2D eigenvalue weighted by Crippen LogP contribution is 2.32. The molecule has 28 heavy (non-hydrogen) atoms. The standard InChI is InChI=1S/C23H21NO4/c1-16(23(25)24-19-9-12-21-22(15-19)27-14-13-26-21)28-20-10-7-18(8-11-20)17-5-3-2-4-6-17/h2-12,15-16H,13-14H2,1H3,(H,24,25)/t16-/m1/s1. The van der Waals surface area contributed by atoms with Crippen molar-refractivity contribution in [2.45, 2.75) is 13.0 Å². The van der Waals surface area contributed by atoms with E-state index in [0.717, 1.165) is 11.1 Å². The number of carbonyl (C=O) groups is 1. The lowest BCUT2D eigenvalue weighted by molar-refractivity contribution is -0.122. The molecule has 1 aliphatic heterocycles. The smallest absolute Gasteiger partial charge is 0.265 e. The van der Waals surface area contributed by atoms with Gasteiger partial charge in [-0.3, -0.25) is 4.79 Å². The van der Waals surface area contributed by atoms with Crippen LogP contribution in [-0.2, 0) is 4.79 Å². The number of benzene rings is 3. The molecule has 0 saturated carbocycles. The van der Waals surface area contributed by atoms with Crippen molar-refractivity contribution >= 4 is 11.6 Å². The highest BCUT2D eigenvalue weighted by molar-refractivity contribution is 5.94. The zero-order valence-electron chi connectivity index (χ0n) is 15.6. The third-order valence-electron chi connectivity index (χ3n) is 4.45. The van der Waals surface area contributed by atoms with Gasteiger partial charge < -0.3 is 19.5 Å². The molecule has 0 bridgehead atoms. The highest BCUT2D eigenvalue weighted by Gasteiger charge is 2.17. The van der Waals surface area contributed by atoms with E-state index in [1.165, 1.54) is 0 Å². The molecular weight excluding hydrogens is 354 g/mol. The number of ether oxygens (including phenoxy) is 3. The van der Waals surface area contributed by atoms with E-state index in [2.05, 4.69) is 17.4 Å². The fourth-order valence-corrected chi connectivity index (χ4v) is 2.98. The van der Waals surface area contributed by atoms with E-state index in [9.17, 15) is 4.79 Å². The van der Waals surface area contributed by atoms with Crippen LogP contribution in [0.2, 0.25) is 0 Å². The predicted octanol–water partition coefficient (Wildman–Crippen LogP) is 4.53. The summed E-state index contributed by atoms with van der Waals surface area (Å²) in [4.78, 5) is 12.5. The number of rotatable bonds is 5. The van der Waals surface area contributed by atoms with E-state index in [1.807, 2.05) is 42.5 Å². The Balaban J connectivity index is 1.38. The lowest BCUT2D eigenvalue weighted by Crippen LogP contribution is -2.30. The average Bonchev–Trinajstić information content (AvgIpc) is 2.75. The van der Waals surface area contributed by atoms with Gasteiger partial charge in [0.1, 0.15) is 19.0 Å². The van der Waals surface area contributed by atoms with E-state index >= 15 is 0 Å². The second-order valence-electron chi connectivity index (χ2n) is 6.50. The topological polar surface area (TPSA) is 56.8 Å². The van der Waals surface area contributed by atoms with Crippen molar-refractivity contribution in [3.8, 4) is 28.4 Å². The SMILES string of the molecule is C[C@@H](Oc1ccc(-c2ccccc2)cc1)C(=O)Nc1ccc2c(c1)OCCO2. The summed E-state index contributed by atoms with van der Waals surface area (Å²) in [5, 5.41) is 2.85. The quantitative estimate of drug-likeness (QED) is 0.712. The molecule has 0 aromatic heterocycles. The molecule has 5 heteroatoms. The Kier molecular flexibility index (Phi) is 5.15. The lowest BCUT2D eigenvalue weighted by atomic mass is 10.1. The van der Waals surface area contributed by atoms with Crippen LogP contribution in [0.1, 0.15) is 6.92 Å². The summed E-state index contributed by atoms with van der Waals surface area (Å²) in [6.07, 6.45) is -0.643. The summed E-state index contributed by atoms with van der Waals surface area (Å²) in [5.41, 5.74) is 2.88. The van der Waals surface area contributed by atoms with Crippen molar-refractivity contribution in [3.05, 3.63) is 72.8 Å². The van der Waals surface area contributed by atoms with E-state index in [1.54, 1.807) is 25.1 Å². The molecule has 1 heterocycles. The Morgan fingerprint density at radius 1 is 0.893 bits per heavy atom. The van der Waals surface area contributed by atoms with Gasteiger partial charge in [0.05, 0.1) is 0 Å². The number of fused-ring (bicyclic) bond motifs is 1. The molecule has 0 aliphatic carbocycles. The predicted molar refractivity (Wildman–Crippen MR) is 108 cm³/mol. The first-order valence-electron chi connectivity index (χ1n) is 9.22. The summed E-state index contributed by atoms with van der Waals surface area (Å²) < 4.78 is 16.8. The van der Waals surface area contributed by atoms with Gasteiger partial charge in [0.2, 0.25) is 0 Å². The molecule has 0 spiro atoms. The fraction of sp³-hybridized carbons (Fsp3) is 0.174. The van der Waals surface area contributed by atoms with Gasteiger partial charge >= 0.3 is 0 Å². The maximum absolute atomic E-state index is 12.5.